The van der Waals surface area contributed by atoms with Crippen LogP contribution in [0.3, 0.4) is 0 Å². The van der Waals surface area contributed by atoms with E-state index in [2.05, 4.69) is 30.6 Å². The van der Waals surface area contributed by atoms with Gasteiger partial charge >= 0.3 is 5.97 Å². The lowest BCUT2D eigenvalue weighted by Crippen LogP contribution is -2.24. The number of benzene rings is 1. The molecule has 0 fully saturated rings. The molecule has 0 aliphatic carbocycles. The summed E-state index contributed by atoms with van der Waals surface area (Å²) in [5.41, 5.74) is 1.28. The lowest BCUT2D eigenvalue weighted by atomic mass is 10.2. The minimum Gasteiger partial charge on any atom is -0.455 e. The number of esters is 1. The number of ether oxygens (including phenoxy) is 1. The Morgan fingerprint density at radius 1 is 0.889 bits per heavy atom. The lowest BCUT2D eigenvalue weighted by molar-refractivity contribution is 0.00624. The highest BCUT2D eigenvalue weighted by atomic mass is 16.6. The summed E-state index contributed by atoms with van der Waals surface area (Å²) in [6, 6.07) is 9.30. The third-order valence-corrected chi connectivity index (χ3v) is 3.24. The highest BCUT2D eigenvalue weighted by Gasteiger charge is 2.19. The van der Waals surface area contributed by atoms with Gasteiger partial charge in [0.1, 0.15) is 11.4 Å². The van der Waals surface area contributed by atoms with Crippen molar-refractivity contribution in [1.29, 1.82) is 0 Å². The van der Waals surface area contributed by atoms with Gasteiger partial charge in [-0.2, -0.15) is 0 Å². The second-order valence-corrected chi connectivity index (χ2v) is 6.69. The van der Waals surface area contributed by atoms with Crippen molar-refractivity contribution in [2.24, 2.45) is 0 Å². The average molecular weight is 364 g/mol. The first-order valence-electron chi connectivity index (χ1n) is 8.35. The molecule has 2 N–H and O–H groups in total. The van der Waals surface area contributed by atoms with Crippen LogP contribution in [0.2, 0.25) is 0 Å². The third-order valence-electron chi connectivity index (χ3n) is 3.24. The quantitative estimate of drug-likeness (QED) is 0.661. The molecule has 0 aliphatic rings. The van der Waals surface area contributed by atoms with Crippen molar-refractivity contribution in [2.45, 2.75) is 26.4 Å². The van der Waals surface area contributed by atoms with Crippen LogP contribution in [0.1, 0.15) is 31.3 Å². The zero-order chi connectivity index (χ0) is 19.3. The van der Waals surface area contributed by atoms with Crippen LogP contribution in [0.15, 0.2) is 55.1 Å². The van der Waals surface area contributed by atoms with Gasteiger partial charge in [-0.15, -0.1) is 0 Å². The second-order valence-electron chi connectivity index (χ2n) is 6.69. The molecule has 0 radical (unpaired) electrons. The number of hydrogen-bond donors (Lipinski definition) is 2. The molecule has 0 amide bonds. The van der Waals surface area contributed by atoms with E-state index < -0.39 is 11.6 Å². The Hall–Kier alpha value is -3.55. The minimum atomic E-state index is -0.573. The van der Waals surface area contributed by atoms with E-state index in [-0.39, 0.29) is 5.69 Å². The maximum Gasteiger partial charge on any atom is 0.359 e. The lowest BCUT2D eigenvalue weighted by Gasteiger charge is -2.18. The van der Waals surface area contributed by atoms with Gasteiger partial charge in [0.05, 0.1) is 12.4 Å². The fourth-order valence-corrected chi connectivity index (χ4v) is 2.11. The predicted octanol–water partition coefficient (Wildman–Crippen LogP) is 3.71. The van der Waals surface area contributed by atoms with Gasteiger partial charge in [-0.25, -0.2) is 24.7 Å². The molecule has 3 rings (SSSR count). The molecule has 8 heteroatoms. The Morgan fingerprint density at radius 3 is 2.07 bits per heavy atom. The summed E-state index contributed by atoms with van der Waals surface area (Å²) >= 11 is 0. The molecule has 2 aromatic heterocycles. The summed E-state index contributed by atoms with van der Waals surface area (Å²) in [4.78, 5) is 28.5. The largest absolute Gasteiger partial charge is 0.455 e. The summed E-state index contributed by atoms with van der Waals surface area (Å²) in [5, 5.41) is 6.23. The Morgan fingerprint density at radius 2 is 1.52 bits per heavy atom. The van der Waals surface area contributed by atoms with Gasteiger partial charge in [-0.1, -0.05) is 0 Å². The van der Waals surface area contributed by atoms with Gasteiger partial charge in [-0.3, -0.25) is 0 Å². The highest BCUT2D eigenvalue weighted by Crippen LogP contribution is 2.19. The van der Waals surface area contributed by atoms with Gasteiger partial charge in [0.15, 0.2) is 5.69 Å². The molecule has 0 aliphatic heterocycles. The van der Waals surface area contributed by atoms with Crippen molar-refractivity contribution < 1.29 is 9.53 Å². The summed E-state index contributed by atoms with van der Waals surface area (Å²) < 4.78 is 5.26. The molecule has 0 bridgehead atoms. The number of rotatable bonds is 5. The molecular weight excluding hydrogens is 344 g/mol. The Kier molecular flexibility index (Phi) is 5.25. The summed E-state index contributed by atoms with van der Waals surface area (Å²) in [6.07, 6.45) is 6.22. The van der Waals surface area contributed by atoms with Gasteiger partial charge in [-0.05, 0) is 51.1 Å². The molecule has 0 spiro atoms. The van der Waals surface area contributed by atoms with Crippen molar-refractivity contribution in [3.8, 4) is 0 Å². The number of hydrogen-bond acceptors (Lipinski definition) is 8. The maximum atomic E-state index is 12.0. The number of nitrogens with zero attached hydrogens (tertiary/aromatic N) is 4. The molecule has 138 valence electrons. The van der Waals surface area contributed by atoms with Crippen LogP contribution in [0.25, 0.3) is 0 Å². The monoisotopic (exact) mass is 364 g/mol. The van der Waals surface area contributed by atoms with E-state index in [1.54, 1.807) is 39.2 Å². The first kappa shape index (κ1) is 18.2. The molecular formula is C19H20N6O2. The number of carbonyl (C=O) groups is 1. The predicted molar refractivity (Wildman–Crippen MR) is 102 cm³/mol. The maximum absolute atomic E-state index is 12.0. The van der Waals surface area contributed by atoms with Crippen LogP contribution in [-0.4, -0.2) is 31.5 Å². The van der Waals surface area contributed by atoms with Crippen molar-refractivity contribution in [2.75, 3.05) is 10.6 Å². The Bertz CT molecular complexity index is 890. The van der Waals surface area contributed by atoms with Crippen molar-refractivity contribution in [3.63, 3.8) is 0 Å². The molecule has 27 heavy (non-hydrogen) atoms. The minimum absolute atomic E-state index is 0.165. The van der Waals surface area contributed by atoms with Crippen LogP contribution < -0.4 is 10.6 Å². The zero-order valence-corrected chi connectivity index (χ0v) is 15.3. The summed E-state index contributed by atoms with van der Waals surface area (Å²) in [6.45, 7) is 5.41. The van der Waals surface area contributed by atoms with Crippen LogP contribution in [0.4, 0.5) is 23.1 Å². The van der Waals surface area contributed by atoms with Crippen LogP contribution >= 0.6 is 0 Å². The second kappa shape index (κ2) is 7.77. The number of carbonyl (C=O) groups excluding carboxylic acids is 1. The summed E-state index contributed by atoms with van der Waals surface area (Å²) in [7, 11) is 0. The Balaban J connectivity index is 1.61. The molecule has 3 aromatic rings. The first-order chi connectivity index (χ1) is 12.9. The standard InChI is InChI=1S/C19H20N6O2/c1-19(2,3)27-17(26)15-11-23-16(12-22-15)24-13-5-7-14(8-6-13)25-18-20-9-4-10-21-18/h4-12H,1-3H3,(H,23,24)(H,20,21,25). The molecule has 0 atom stereocenters. The fourth-order valence-electron chi connectivity index (χ4n) is 2.11. The molecule has 1 aromatic carbocycles. The summed E-state index contributed by atoms with van der Waals surface area (Å²) in [5.74, 6) is 0.552. The molecule has 0 saturated carbocycles. The van der Waals surface area contributed by atoms with E-state index in [4.69, 9.17) is 4.74 Å². The van der Waals surface area contributed by atoms with E-state index in [1.807, 2.05) is 24.3 Å². The zero-order valence-electron chi connectivity index (χ0n) is 15.3. The van der Waals surface area contributed by atoms with Gasteiger partial charge < -0.3 is 15.4 Å². The highest BCUT2D eigenvalue weighted by molar-refractivity contribution is 5.87. The first-order valence-corrected chi connectivity index (χ1v) is 8.35. The smallest absolute Gasteiger partial charge is 0.359 e. The normalized spacial score (nSPS) is 10.9. The van der Waals surface area contributed by atoms with Crippen LogP contribution in [0, 0.1) is 0 Å². The van der Waals surface area contributed by atoms with Crippen LogP contribution in [-0.2, 0) is 4.74 Å². The van der Waals surface area contributed by atoms with Crippen molar-refractivity contribution in [3.05, 3.63) is 60.8 Å². The van der Waals surface area contributed by atoms with E-state index in [1.165, 1.54) is 12.4 Å². The van der Waals surface area contributed by atoms with Crippen molar-refractivity contribution in [1.82, 2.24) is 19.9 Å². The number of aromatic nitrogens is 4. The molecule has 0 saturated heterocycles. The topological polar surface area (TPSA) is 102 Å². The Labute approximate surface area is 157 Å². The van der Waals surface area contributed by atoms with Gasteiger partial charge in [0.2, 0.25) is 5.95 Å². The van der Waals surface area contributed by atoms with E-state index >= 15 is 0 Å². The molecule has 8 nitrogen and oxygen atoms in total. The number of anilines is 4. The SMILES string of the molecule is CC(C)(C)OC(=O)c1cnc(Nc2ccc(Nc3ncccn3)cc2)cn1. The van der Waals surface area contributed by atoms with Crippen molar-refractivity contribution >= 4 is 29.1 Å². The van der Waals surface area contributed by atoms with Crippen LogP contribution in [0.5, 0.6) is 0 Å². The molecule has 0 unspecified atom stereocenters. The average Bonchev–Trinajstić information content (AvgIpc) is 2.63. The van der Waals surface area contributed by atoms with E-state index in [0.717, 1.165) is 11.4 Å². The van der Waals surface area contributed by atoms with Gasteiger partial charge in [0, 0.05) is 23.8 Å². The third kappa shape index (κ3) is 5.46. The molecule has 2 heterocycles. The van der Waals surface area contributed by atoms with E-state index in [9.17, 15) is 4.79 Å². The van der Waals surface area contributed by atoms with Gasteiger partial charge in [0.25, 0.3) is 0 Å². The fraction of sp³-hybridized carbons (Fsp3) is 0.211. The van der Waals surface area contributed by atoms with E-state index in [0.29, 0.717) is 11.8 Å². The number of nitrogens with one attached hydrogen (secondary N) is 2.